The summed E-state index contributed by atoms with van der Waals surface area (Å²) in [5, 5.41) is 11.8. The van der Waals surface area contributed by atoms with Gasteiger partial charge in [-0.3, -0.25) is 4.79 Å². The Bertz CT molecular complexity index is 788. The first-order chi connectivity index (χ1) is 13.0. The lowest BCUT2D eigenvalue weighted by Crippen LogP contribution is -2.31. The van der Waals surface area contributed by atoms with E-state index >= 15 is 0 Å². The number of methoxy groups -OCH3 is 2. The maximum atomic E-state index is 12.1. The molecule has 0 bridgehead atoms. The molecule has 0 saturated carbocycles. The lowest BCUT2D eigenvalue weighted by Gasteiger charge is -2.18. The maximum Gasteiger partial charge on any atom is 0.338 e. The van der Waals surface area contributed by atoms with E-state index in [2.05, 4.69) is 5.32 Å². The number of amides is 1. The van der Waals surface area contributed by atoms with Crippen molar-refractivity contribution in [3.63, 3.8) is 0 Å². The molecule has 2 aromatic carbocycles. The zero-order valence-electron chi connectivity index (χ0n) is 15.5. The zero-order valence-corrected chi connectivity index (χ0v) is 15.5. The fourth-order valence-electron chi connectivity index (χ4n) is 2.50. The predicted molar refractivity (Wildman–Crippen MR) is 98.8 cm³/mol. The number of hydrogen-bond acceptors (Lipinski definition) is 6. The number of carbonyl (C=O) groups excluding carboxylic acids is 2. The molecule has 1 atom stereocenters. The Balaban J connectivity index is 1.93. The summed E-state index contributed by atoms with van der Waals surface area (Å²) < 4.78 is 15.5. The standard InChI is InChI=1S/C20H23NO6/c1-13(17-10-16(25-2)8-9-18(17)26-3)21-19(23)12-27-20(24)15-6-4-14(11-22)5-7-15/h4-10,13,22H,11-12H2,1-3H3,(H,21,23)/t13-/m1/s1. The van der Waals surface area contributed by atoms with Gasteiger partial charge >= 0.3 is 5.97 Å². The molecular weight excluding hydrogens is 350 g/mol. The Kier molecular flexibility index (Phi) is 7.19. The van der Waals surface area contributed by atoms with Crippen molar-refractivity contribution in [1.82, 2.24) is 5.32 Å². The van der Waals surface area contributed by atoms with Crippen molar-refractivity contribution in [1.29, 1.82) is 0 Å². The van der Waals surface area contributed by atoms with Crippen LogP contribution in [0, 0.1) is 0 Å². The van der Waals surface area contributed by atoms with E-state index in [0.717, 1.165) is 5.56 Å². The van der Waals surface area contributed by atoms with Crippen LogP contribution in [0.3, 0.4) is 0 Å². The van der Waals surface area contributed by atoms with Crippen LogP contribution >= 0.6 is 0 Å². The van der Waals surface area contributed by atoms with Gasteiger partial charge in [-0.05, 0) is 42.8 Å². The van der Waals surface area contributed by atoms with E-state index in [0.29, 0.717) is 22.6 Å². The van der Waals surface area contributed by atoms with E-state index in [9.17, 15) is 9.59 Å². The largest absolute Gasteiger partial charge is 0.497 e. The fourth-order valence-corrected chi connectivity index (χ4v) is 2.50. The van der Waals surface area contributed by atoms with Gasteiger partial charge in [-0.15, -0.1) is 0 Å². The van der Waals surface area contributed by atoms with Crippen LogP contribution in [-0.4, -0.2) is 37.8 Å². The minimum Gasteiger partial charge on any atom is -0.497 e. The van der Waals surface area contributed by atoms with E-state index in [1.54, 1.807) is 51.5 Å². The average Bonchev–Trinajstić information content (AvgIpc) is 2.71. The van der Waals surface area contributed by atoms with Crippen molar-refractivity contribution in [3.8, 4) is 11.5 Å². The fraction of sp³-hybridized carbons (Fsp3) is 0.300. The highest BCUT2D eigenvalue weighted by Gasteiger charge is 2.17. The predicted octanol–water partition coefficient (Wildman–Crippen LogP) is 2.23. The molecule has 2 aromatic rings. The summed E-state index contributed by atoms with van der Waals surface area (Å²) in [4.78, 5) is 24.1. The molecule has 0 fully saturated rings. The molecule has 27 heavy (non-hydrogen) atoms. The summed E-state index contributed by atoms with van der Waals surface area (Å²) in [6.45, 7) is 1.28. The third kappa shape index (κ3) is 5.46. The van der Waals surface area contributed by atoms with Crippen molar-refractivity contribution >= 4 is 11.9 Å². The lowest BCUT2D eigenvalue weighted by molar-refractivity contribution is -0.124. The van der Waals surface area contributed by atoms with E-state index < -0.39 is 18.5 Å². The molecule has 0 heterocycles. The molecule has 1 amide bonds. The Morgan fingerprint density at radius 3 is 2.37 bits per heavy atom. The SMILES string of the molecule is COc1ccc(OC)c([C@@H](C)NC(=O)COC(=O)c2ccc(CO)cc2)c1. The Labute approximate surface area is 157 Å². The lowest BCUT2D eigenvalue weighted by atomic mass is 10.1. The van der Waals surface area contributed by atoms with Crippen molar-refractivity contribution in [3.05, 3.63) is 59.2 Å². The number of aliphatic hydroxyl groups excluding tert-OH is 1. The molecule has 0 unspecified atom stereocenters. The molecule has 144 valence electrons. The number of ether oxygens (including phenoxy) is 3. The number of carbonyl (C=O) groups is 2. The van der Waals surface area contributed by atoms with Crippen LogP contribution in [0.4, 0.5) is 0 Å². The molecule has 0 aliphatic rings. The molecule has 0 aliphatic heterocycles. The zero-order chi connectivity index (χ0) is 19.8. The van der Waals surface area contributed by atoms with E-state index in [4.69, 9.17) is 19.3 Å². The van der Waals surface area contributed by atoms with Crippen LogP contribution in [0.2, 0.25) is 0 Å². The molecule has 7 nitrogen and oxygen atoms in total. The maximum absolute atomic E-state index is 12.1. The Morgan fingerprint density at radius 2 is 1.78 bits per heavy atom. The first-order valence-electron chi connectivity index (χ1n) is 8.36. The van der Waals surface area contributed by atoms with Gasteiger partial charge < -0.3 is 24.6 Å². The number of rotatable bonds is 8. The van der Waals surface area contributed by atoms with Crippen LogP contribution in [0.5, 0.6) is 11.5 Å². The molecule has 0 radical (unpaired) electrons. The van der Waals surface area contributed by atoms with Crippen LogP contribution in [0.15, 0.2) is 42.5 Å². The van der Waals surface area contributed by atoms with Gasteiger partial charge in [0.15, 0.2) is 6.61 Å². The minimum atomic E-state index is -0.610. The quantitative estimate of drug-likeness (QED) is 0.689. The second-order valence-electron chi connectivity index (χ2n) is 5.83. The summed E-state index contributed by atoms with van der Waals surface area (Å²) in [5.41, 5.74) is 1.74. The van der Waals surface area contributed by atoms with Crippen LogP contribution in [0.1, 0.15) is 34.5 Å². The number of nitrogens with one attached hydrogen (secondary N) is 1. The second kappa shape index (κ2) is 9.59. The average molecular weight is 373 g/mol. The summed E-state index contributed by atoms with van der Waals surface area (Å²) in [6, 6.07) is 11.2. The van der Waals surface area contributed by atoms with Gasteiger partial charge in [0.05, 0.1) is 32.4 Å². The van der Waals surface area contributed by atoms with Crippen molar-refractivity contribution in [2.45, 2.75) is 19.6 Å². The van der Waals surface area contributed by atoms with Crippen LogP contribution in [-0.2, 0) is 16.1 Å². The number of esters is 1. The summed E-state index contributed by atoms with van der Waals surface area (Å²) >= 11 is 0. The smallest absolute Gasteiger partial charge is 0.338 e. The van der Waals surface area contributed by atoms with Gasteiger partial charge in [0.25, 0.3) is 5.91 Å². The Morgan fingerprint density at radius 1 is 1.07 bits per heavy atom. The molecule has 0 aliphatic carbocycles. The number of hydrogen-bond donors (Lipinski definition) is 2. The highest BCUT2D eigenvalue weighted by Crippen LogP contribution is 2.29. The van der Waals surface area contributed by atoms with Gasteiger partial charge in [0.1, 0.15) is 11.5 Å². The molecule has 0 spiro atoms. The topological polar surface area (TPSA) is 94.1 Å². The molecule has 0 saturated heterocycles. The highest BCUT2D eigenvalue weighted by atomic mass is 16.5. The minimum absolute atomic E-state index is 0.108. The molecular formula is C20H23NO6. The van der Waals surface area contributed by atoms with Crippen molar-refractivity contribution in [2.75, 3.05) is 20.8 Å². The van der Waals surface area contributed by atoms with Crippen molar-refractivity contribution < 1.29 is 28.9 Å². The van der Waals surface area contributed by atoms with Gasteiger partial charge in [0.2, 0.25) is 0 Å². The Hall–Kier alpha value is -3.06. The third-order valence-electron chi connectivity index (χ3n) is 3.99. The molecule has 2 N–H and O–H groups in total. The van der Waals surface area contributed by atoms with Gasteiger partial charge in [-0.25, -0.2) is 4.79 Å². The van der Waals surface area contributed by atoms with E-state index in [1.807, 2.05) is 0 Å². The molecule has 0 aromatic heterocycles. The van der Waals surface area contributed by atoms with Crippen molar-refractivity contribution in [2.24, 2.45) is 0 Å². The van der Waals surface area contributed by atoms with Crippen LogP contribution in [0.25, 0.3) is 0 Å². The number of aliphatic hydroxyl groups is 1. The van der Waals surface area contributed by atoms with Gasteiger partial charge in [-0.1, -0.05) is 12.1 Å². The van der Waals surface area contributed by atoms with Crippen LogP contribution < -0.4 is 14.8 Å². The van der Waals surface area contributed by atoms with E-state index in [-0.39, 0.29) is 12.6 Å². The highest BCUT2D eigenvalue weighted by molar-refractivity contribution is 5.91. The summed E-state index contributed by atoms with van der Waals surface area (Å²) in [6.07, 6.45) is 0. The monoisotopic (exact) mass is 373 g/mol. The molecule has 2 rings (SSSR count). The second-order valence-corrected chi connectivity index (χ2v) is 5.83. The number of benzene rings is 2. The van der Waals surface area contributed by atoms with Gasteiger partial charge in [0, 0.05) is 5.56 Å². The first kappa shape index (κ1) is 20.3. The van der Waals surface area contributed by atoms with E-state index in [1.165, 1.54) is 12.1 Å². The molecule has 7 heteroatoms. The normalized spacial score (nSPS) is 11.4. The third-order valence-corrected chi connectivity index (χ3v) is 3.99. The van der Waals surface area contributed by atoms with Gasteiger partial charge in [-0.2, -0.15) is 0 Å². The first-order valence-corrected chi connectivity index (χ1v) is 8.36. The summed E-state index contributed by atoms with van der Waals surface area (Å²) in [7, 11) is 3.10. The summed E-state index contributed by atoms with van der Waals surface area (Å²) in [5.74, 6) is 0.211.